The van der Waals surface area contributed by atoms with Crippen LogP contribution in [0.1, 0.15) is 0 Å². The second-order valence-corrected chi connectivity index (χ2v) is 6.54. The highest BCUT2D eigenvalue weighted by molar-refractivity contribution is 9.10. The van der Waals surface area contributed by atoms with E-state index in [9.17, 15) is 9.59 Å². The molecule has 0 saturated heterocycles. The van der Waals surface area contributed by atoms with Gasteiger partial charge in [0.2, 0.25) is 5.91 Å². The minimum absolute atomic E-state index is 0.129. The Morgan fingerprint density at radius 2 is 1.92 bits per heavy atom. The van der Waals surface area contributed by atoms with Gasteiger partial charge in [-0.05, 0) is 36.4 Å². The molecule has 0 aromatic heterocycles. The second kappa shape index (κ2) is 7.57. The second-order valence-electron chi connectivity index (χ2n) is 5.62. The van der Waals surface area contributed by atoms with Crippen molar-refractivity contribution in [1.82, 2.24) is 5.32 Å². The summed E-state index contributed by atoms with van der Waals surface area (Å²) in [6, 6.07) is 14.8. The van der Waals surface area contributed by atoms with Gasteiger partial charge in [-0.1, -0.05) is 28.1 Å². The first-order valence-electron chi connectivity index (χ1n) is 7.84. The first kappa shape index (κ1) is 17.3. The van der Waals surface area contributed by atoms with Crippen molar-refractivity contribution in [3.63, 3.8) is 0 Å². The molecule has 2 N–H and O–H groups in total. The summed E-state index contributed by atoms with van der Waals surface area (Å²) in [5.74, 6) is 0.223. The number of carbonyl (C=O) groups is 2. The zero-order valence-corrected chi connectivity index (χ0v) is 15.2. The molecule has 3 rings (SSSR count). The van der Waals surface area contributed by atoms with Crippen LogP contribution in [0, 0.1) is 0 Å². The van der Waals surface area contributed by atoms with Crippen molar-refractivity contribution in [3.8, 4) is 5.75 Å². The van der Waals surface area contributed by atoms with Crippen molar-refractivity contribution < 1.29 is 14.3 Å². The van der Waals surface area contributed by atoms with Crippen molar-refractivity contribution in [2.75, 3.05) is 30.4 Å². The fourth-order valence-electron chi connectivity index (χ4n) is 2.66. The topological polar surface area (TPSA) is 70.7 Å². The minimum atomic E-state index is -0.652. The first-order valence-corrected chi connectivity index (χ1v) is 8.64. The number of hydrogen-bond acceptors (Lipinski definition) is 4. The van der Waals surface area contributed by atoms with Crippen LogP contribution < -0.4 is 20.3 Å². The zero-order chi connectivity index (χ0) is 17.8. The van der Waals surface area contributed by atoms with Crippen LogP contribution in [-0.4, -0.2) is 38.1 Å². The summed E-state index contributed by atoms with van der Waals surface area (Å²) in [6.45, 7) is 0.439. The summed E-state index contributed by atoms with van der Waals surface area (Å²) < 4.78 is 6.68. The molecule has 7 heteroatoms. The molecule has 1 heterocycles. The molecule has 1 aliphatic heterocycles. The molecule has 0 radical (unpaired) electrons. The maximum absolute atomic E-state index is 12.4. The lowest BCUT2D eigenvalue weighted by atomic mass is 10.1. The van der Waals surface area contributed by atoms with Crippen LogP contribution in [0.3, 0.4) is 0 Å². The molecule has 1 aliphatic rings. The summed E-state index contributed by atoms with van der Waals surface area (Å²) in [5, 5.41) is 5.45. The molecule has 25 heavy (non-hydrogen) atoms. The van der Waals surface area contributed by atoms with E-state index in [0.717, 1.165) is 15.8 Å². The Balaban J connectivity index is 1.74. The molecule has 6 nitrogen and oxygen atoms in total. The van der Waals surface area contributed by atoms with E-state index in [1.54, 1.807) is 13.1 Å². The number of nitrogens with zero attached hydrogens (tertiary/aromatic N) is 1. The Bertz CT molecular complexity index is 779. The monoisotopic (exact) mass is 403 g/mol. The van der Waals surface area contributed by atoms with Crippen molar-refractivity contribution in [2.45, 2.75) is 6.10 Å². The molecule has 2 aromatic rings. The molecule has 0 bridgehead atoms. The number of hydrogen-bond donors (Lipinski definition) is 2. The van der Waals surface area contributed by atoms with E-state index in [-0.39, 0.29) is 18.4 Å². The van der Waals surface area contributed by atoms with Crippen LogP contribution in [-0.2, 0) is 9.59 Å². The highest BCUT2D eigenvalue weighted by Gasteiger charge is 2.30. The normalized spacial score (nSPS) is 15.8. The predicted molar refractivity (Wildman–Crippen MR) is 99.9 cm³/mol. The number of benzene rings is 2. The lowest BCUT2D eigenvalue weighted by Gasteiger charge is -2.34. The lowest BCUT2D eigenvalue weighted by molar-refractivity contribution is -0.127. The van der Waals surface area contributed by atoms with Gasteiger partial charge in [-0.15, -0.1) is 0 Å². The smallest absolute Gasteiger partial charge is 0.262 e. The number of ether oxygens (including phenoxy) is 1. The van der Waals surface area contributed by atoms with Crippen LogP contribution in [0.5, 0.6) is 5.75 Å². The molecule has 0 unspecified atom stereocenters. The molecular weight excluding hydrogens is 386 g/mol. The van der Waals surface area contributed by atoms with E-state index in [2.05, 4.69) is 26.6 Å². The average molecular weight is 404 g/mol. The van der Waals surface area contributed by atoms with Gasteiger partial charge in [-0.3, -0.25) is 9.59 Å². The van der Waals surface area contributed by atoms with Gasteiger partial charge in [0.25, 0.3) is 5.91 Å². The van der Waals surface area contributed by atoms with Crippen molar-refractivity contribution in [1.29, 1.82) is 0 Å². The summed E-state index contributed by atoms with van der Waals surface area (Å²) in [7, 11) is 1.57. The molecule has 1 atom stereocenters. The van der Waals surface area contributed by atoms with Gasteiger partial charge in [-0.25, -0.2) is 0 Å². The predicted octanol–water partition coefficient (Wildman–Crippen LogP) is 2.40. The highest BCUT2D eigenvalue weighted by Crippen LogP contribution is 2.32. The molecule has 2 amide bonds. The standard InChI is InChI=1S/C18H18BrN3O3/c1-20-18(24)16-10-22(14-4-2-3-5-15(14)25-16)11-17(23)21-13-8-6-12(19)7-9-13/h2-9,16H,10-11H2,1H3,(H,20,24)(H,21,23)/t16-/m0/s1. The molecule has 0 saturated carbocycles. The zero-order valence-electron chi connectivity index (χ0n) is 13.7. The summed E-state index contributed by atoms with van der Waals surface area (Å²) in [4.78, 5) is 26.2. The Hall–Kier alpha value is -2.54. The van der Waals surface area contributed by atoms with E-state index in [1.165, 1.54) is 0 Å². The lowest BCUT2D eigenvalue weighted by Crippen LogP contribution is -2.50. The van der Waals surface area contributed by atoms with E-state index in [0.29, 0.717) is 12.3 Å². The maximum Gasteiger partial charge on any atom is 0.262 e. The number of anilines is 2. The fourth-order valence-corrected chi connectivity index (χ4v) is 2.93. The van der Waals surface area contributed by atoms with Crippen molar-refractivity contribution >= 4 is 39.1 Å². The number of halogens is 1. The van der Waals surface area contributed by atoms with Crippen LogP contribution in [0.25, 0.3) is 0 Å². The van der Waals surface area contributed by atoms with Crippen LogP contribution in [0.4, 0.5) is 11.4 Å². The number of rotatable bonds is 4. The molecule has 2 aromatic carbocycles. The Kier molecular flexibility index (Phi) is 5.23. The minimum Gasteiger partial charge on any atom is -0.477 e. The van der Waals surface area contributed by atoms with Gasteiger partial charge >= 0.3 is 0 Å². The van der Waals surface area contributed by atoms with Gasteiger partial charge in [0, 0.05) is 17.2 Å². The molecule has 0 spiro atoms. The number of amides is 2. The van der Waals surface area contributed by atoms with Crippen LogP contribution in [0.2, 0.25) is 0 Å². The summed E-state index contributed by atoms with van der Waals surface area (Å²) in [5.41, 5.74) is 1.52. The van der Waals surface area contributed by atoms with Gasteiger partial charge in [0.05, 0.1) is 18.8 Å². The number of fused-ring (bicyclic) bond motifs is 1. The van der Waals surface area contributed by atoms with Gasteiger partial charge in [-0.2, -0.15) is 0 Å². The number of nitrogens with one attached hydrogen (secondary N) is 2. The third kappa shape index (κ3) is 4.11. The molecular formula is C18H18BrN3O3. The summed E-state index contributed by atoms with van der Waals surface area (Å²) in [6.07, 6.45) is -0.652. The van der Waals surface area contributed by atoms with Gasteiger partial charge in [0.1, 0.15) is 5.75 Å². The third-order valence-electron chi connectivity index (χ3n) is 3.86. The van der Waals surface area contributed by atoms with E-state index < -0.39 is 6.10 Å². The molecule has 0 fully saturated rings. The quantitative estimate of drug-likeness (QED) is 0.821. The number of carbonyl (C=O) groups excluding carboxylic acids is 2. The maximum atomic E-state index is 12.4. The van der Waals surface area contributed by atoms with Gasteiger partial charge in [0.15, 0.2) is 6.10 Å². The molecule has 0 aliphatic carbocycles. The van der Waals surface area contributed by atoms with E-state index >= 15 is 0 Å². The van der Waals surface area contributed by atoms with Crippen LogP contribution >= 0.6 is 15.9 Å². The molecule has 130 valence electrons. The van der Waals surface area contributed by atoms with Crippen LogP contribution in [0.15, 0.2) is 53.0 Å². The Labute approximate surface area is 154 Å². The number of likely N-dealkylation sites (N-methyl/N-ethyl adjacent to an activating group) is 1. The largest absolute Gasteiger partial charge is 0.477 e. The summed E-state index contributed by atoms with van der Waals surface area (Å²) >= 11 is 3.36. The average Bonchev–Trinajstić information content (AvgIpc) is 2.62. The van der Waals surface area contributed by atoms with E-state index in [4.69, 9.17) is 4.74 Å². The Morgan fingerprint density at radius 1 is 1.20 bits per heavy atom. The third-order valence-corrected chi connectivity index (χ3v) is 4.39. The van der Waals surface area contributed by atoms with Crippen molar-refractivity contribution in [2.24, 2.45) is 0 Å². The number of para-hydroxylation sites is 2. The SMILES string of the molecule is CNC(=O)[C@@H]1CN(CC(=O)Nc2ccc(Br)cc2)c2ccccc2O1. The Morgan fingerprint density at radius 3 is 2.64 bits per heavy atom. The van der Waals surface area contributed by atoms with E-state index in [1.807, 2.05) is 47.4 Å². The first-order chi connectivity index (χ1) is 12.1. The van der Waals surface area contributed by atoms with Crippen molar-refractivity contribution in [3.05, 3.63) is 53.0 Å². The highest BCUT2D eigenvalue weighted by atomic mass is 79.9. The fraction of sp³-hybridized carbons (Fsp3) is 0.222. The van der Waals surface area contributed by atoms with Gasteiger partial charge < -0.3 is 20.3 Å².